The van der Waals surface area contributed by atoms with Crippen molar-refractivity contribution in [3.63, 3.8) is 0 Å². The Bertz CT molecular complexity index is 430. The second-order valence-corrected chi connectivity index (χ2v) is 5.64. The van der Waals surface area contributed by atoms with Gasteiger partial charge in [-0.25, -0.2) is 0 Å². The van der Waals surface area contributed by atoms with Gasteiger partial charge in [-0.3, -0.25) is 0 Å². The summed E-state index contributed by atoms with van der Waals surface area (Å²) in [6, 6.07) is 8.49. The van der Waals surface area contributed by atoms with Crippen molar-refractivity contribution in [3.8, 4) is 0 Å². The Labute approximate surface area is 124 Å². The summed E-state index contributed by atoms with van der Waals surface area (Å²) in [6.45, 7) is 3.08. The van der Waals surface area contributed by atoms with E-state index < -0.39 is 12.1 Å². The van der Waals surface area contributed by atoms with Crippen molar-refractivity contribution in [2.75, 3.05) is 25.0 Å². The van der Waals surface area contributed by atoms with E-state index in [-0.39, 0.29) is 12.8 Å². The second kappa shape index (κ2) is 6.69. The first-order valence-electron chi connectivity index (χ1n) is 7.54. The quantitative estimate of drug-likeness (QED) is 0.899. The van der Waals surface area contributed by atoms with Gasteiger partial charge in [-0.15, -0.1) is 0 Å². The molecule has 1 N–H and O–H groups in total. The Kier molecular flexibility index (Phi) is 5.14. The first-order valence-corrected chi connectivity index (χ1v) is 7.54. The van der Waals surface area contributed by atoms with Gasteiger partial charge in [0.1, 0.15) is 0 Å². The minimum Gasteiger partial charge on any atom is -0.372 e. The first kappa shape index (κ1) is 16.1. The lowest BCUT2D eigenvalue weighted by molar-refractivity contribution is -0.179. The van der Waals surface area contributed by atoms with Gasteiger partial charge in [-0.05, 0) is 44.0 Å². The molecule has 1 aliphatic heterocycles. The number of nitrogens with zero attached hydrogens (tertiary/aromatic N) is 1. The van der Waals surface area contributed by atoms with Crippen molar-refractivity contribution < 1.29 is 13.2 Å². The van der Waals surface area contributed by atoms with Gasteiger partial charge in [-0.2, -0.15) is 13.2 Å². The lowest BCUT2D eigenvalue weighted by Crippen LogP contribution is -2.39. The third-order valence-electron chi connectivity index (χ3n) is 4.38. The first-order chi connectivity index (χ1) is 9.95. The van der Waals surface area contributed by atoms with E-state index in [1.165, 1.54) is 5.56 Å². The Morgan fingerprint density at radius 1 is 1.19 bits per heavy atom. The molecule has 0 aliphatic carbocycles. The fourth-order valence-electron chi connectivity index (χ4n) is 2.99. The van der Waals surface area contributed by atoms with Crippen LogP contribution in [0.15, 0.2) is 24.3 Å². The molecule has 0 bridgehead atoms. The van der Waals surface area contributed by atoms with Gasteiger partial charge in [0.25, 0.3) is 0 Å². The lowest BCUT2D eigenvalue weighted by atomic mass is 9.95. The highest BCUT2D eigenvalue weighted by Gasteiger charge is 2.41. The van der Waals surface area contributed by atoms with Crippen molar-refractivity contribution in [1.82, 2.24) is 5.32 Å². The predicted octanol–water partition coefficient (Wildman–Crippen LogP) is 4.14. The number of anilines is 1. The minimum absolute atomic E-state index is 0.194. The van der Waals surface area contributed by atoms with Gasteiger partial charge in [0, 0.05) is 24.8 Å². The number of rotatable bonds is 4. The van der Waals surface area contributed by atoms with Crippen LogP contribution in [-0.2, 0) is 0 Å². The van der Waals surface area contributed by atoms with Gasteiger partial charge in [0.05, 0.1) is 5.92 Å². The number of hydrogen-bond donors (Lipinski definition) is 1. The van der Waals surface area contributed by atoms with E-state index in [0.29, 0.717) is 19.1 Å². The summed E-state index contributed by atoms with van der Waals surface area (Å²) in [4.78, 5) is 2.05. The van der Waals surface area contributed by atoms with E-state index in [0.717, 1.165) is 12.1 Å². The highest BCUT2D eigenvalue weighted by molar-refractivity contribution is 5.48. The molecule has 5 heteroatoms. The molecule has 0 saturated carbocycles. The van der Waals surface area contributed by atoms with Gasteiger partial charge in [-0.1, -0.05) is 19.1 Å². The third-order valence-corrected chi connectivity index (χ3v) is 4.38. The summed E-state index contributed by atoms with van der Waals surface area (Å²) in [5.41, 5.74) is 2.24. The van der Waals surface area contributed by atoms with Gasteiger partial charge in [0.15, 0.2) is 0 Å². The maximum absolute atomic E-state index is 12.7. The normalized spacial score (nSPS) is 18.8. The Hall–Kier alpha value is -1.23. The average Bonchev–Trinajstić information content (AvgIpc) is 2.48. The fraction of sp³-hybridized carbons (Fsp3) is 0.625. The van der Waals surface area contributed by atoms with Crippen LogP contribution in [0.4, 0.5) is 18.9 Å². The molecule has 0 amide bonds. The maximum atomic E-state index is 12.7. The molecular formula is C16H23F3N2. The topological polar surface area (TPSA) is 15.3 Å². The maximum Gasteiger partial charge on any atom is 0.391 e. The fourth-order valence-corrected chi connectivity index (χ4v) is 2.99. The largest absolute Gasteiger partial charge is 0.391 e. The monoisotopic (exact) mass is 300 g/mol. The molecule has 0 aromatic heterocycles. The second-order valence-electron chi connectivity index (χ2n) is 5.64. The summed E-state index contributed by atoms with van der Waals surface area (Å²) < 4.78 is 38.0. The number of halogens is 3. The minimum atomic E-state index is -4.04. The van der Waals surface area contributed by atoms with E-state index in [4.69, 9.17) is 0 Å². The molecule has 2 rings (SSSR count). The number of benzene rings is 1. The zero-order valence-corrected chi connectivity index (χ0v) is 12.6. The van der Waals surface area contributed by atoms with Crippen LogP contribution in [0.1, 0.15) is 37.8 Å². The smallest absolute Gasteiger partial charge is 0.372 e. The van der Waals surface area contributed by atoms with Crippen molar-refractivity contribution in [2.24, 2.45) is 5.92 Å². The molecule has 2 nitrogen and oxygen atoms in total. The zero-order valence-electron chi connectivity index (χ0n) is 12.6. The molecule has 1 fully saturated rings. The molecule has 118 valence electrons. The van der Waals surface area contributed by atoms with Gasteiger partial charge < -0.3 is 10.2 Å². The Morgan fingerprint density at radius 3 is 2.19 bits per heavy atom. The van der Waals surface area contributed by atoms with Crippen molar-refractivity contribution in [2.45, 2.75) is 38.4 Å². The summed E-state index contributed by atoms with van der Waals surface area (Å²) in [5, 5.41) is 3.25. The molecule has 1 unspecified atom stereocenters. The van der Waals surface area contributed by atoms with E-state index in [2.05, 4.69) is 24.4 Å². The summed E-state index contributed by atoms with van der Waals surface area (Å²) in [5.74, 6) is -1.14. The van der Waals surface area contributed by atoms with Crippen molar-refractivity contribution in [1.29, 1.82) is 0 Å². The van der Waals surface area contributed by atoms with Crippen LogP contribution >= 0.6 is 0 Å². The van der Waals surface area contributed by atoms with Crippen molar-refractivity contribution in [3.05, 3.63) is 29.8 Å². The molecule has 1 aliphatic rings. The highest BCUT2D eigenvalue weighted by Crippen LogP contribution is 2.35. The van der Waals surface area contributed by atoms with Gasteiger partial charge >= 0.3 is 6.18 Å². The Balaban J connectivity index is 1.98. The molecule has 21 heavy (non-hydrogen) atoms. The van der Waals surface area contributed by atoms with Gasteiger partial charge in [0.2, 0.25) is 0 Å². The Morgan fingerprint density at radius 2 is 1.76 bits per heavy atom. The molecule has 1 heterocycles. The van der Waals surface area contributed by atoms with Crippen LogP contribution in [0.5, 0.6) is 0 Å². The molecule has 0 radical (unpaired) electrons. The number of hydrogen-bond acceptors (Lipinski definition) is 2. The average molecular weight is 300 g/mol. The van der Waals surface area contributed by atoms with Crippen LogP contribution in [-0.4, -0.2) is 26.3 Å². The number of nitrogens with one attached hydrogen (secondary N) is 1. The van der Waals surface area contributed by atoms with Crippen LogP contribution in [0.2, 0.25) is 0 Å². The van der Waals surface area contributed by atoms with E-state index in [1.54, 1.807) is 0 Å². The van der Waals surface area contributed by atoms with Crippen LogP contribution in [0, 0.1) is 5.92 Å². The summed E-state index contributed by atoms with van der Waals surface area (Å²) in [6.07, 6.45) is -2.65. The van der Waals surface area contributed by atoms with Crippen LogP contribution < -0.4 is 10.2 Å². The van der Waals surface area contributed by atoms with E-state index >= 15 is 0 Å². The molecule has 1 saturated heterocycles. The zero-order chi connectivity index (χ0) is 15.5. The SMILES string of the molecule is CCC(NC)c1ccc(N2CCC(C(F)(F)F)CC2)cc1. The van der Waals surface area contributed by atoms with E-state index in [1.807, 2.05) is 24.1 Å². The summed E-state index contributed by atoms with van der Waals surface area (Å²) >= 11 is 0. The molecular weight excluding hydrogens is 277 g/mol. The van der Waals surface area contributed by atoms with E-state index in [9.17, 15) is 13.2 Å². The van der Waals surface area contributed by atoms with Crippen LogP contribution in [0.25, 0.3) is 0 Å². The number of alkyl halides is 3. The molecule has 1 atom stereocenters. The molecule has 0 spiro atoms. The molecule has 1 aromatic rings. The van der Waals surface area contributed by atoms with Crippen LogP contribution in [0.3, 0.4) is 0 Å². The molecule has 1 aromatic carbocycles. The standard InChI is InChI=1S/C16H23F3N2/c1-3-15(20-2)12-4-6-14(7-5-12)21-10-8-13(9-11-21)16(17,18)19/h4-7,13,15,20H,3,8-11H2,1-2H3. The highest BCUT2D eigenvalue weighted by atomic mass is 19.4. The predicted molar refractivity (Wildman–Crippen MR) is 79.5 cm³/mol. The summed E-state index contributed by atoms with van der Waals surface area (Å²) in [7, 11) is 1.93. The van der Waals surface area contributed by atoms with Crippen molar-refractivity contribution >= 4 is 5.69 Å². The third kappa shape index (κ3) is 3.90. The number of piperidine rings is 1. The lowest BCUT2D eigenvalue weighted by Gasteiger charge is -2.34.